The number of carbonyl (C=O) groups is 1. The summed E-state index contributed by atoms with van der Waals surface area (Å²) >= 11 is 3.71. The minimum atomic E-state index is 0.189. The lowest BCUT2D eigenvalue weighted by Gasteiger charge is -2.37. The summed E-state index contributed by atoms with van der Waals surface area (Å²) in [5.74, 6) is 2.71. The number of methoxy groups -OCH3 is 2. The van der Waals surface area contributed by atoms with Gasteiger partial charge >= 0.3 is 0 Å². The highest BCUT2D eigenvalue weighted by Gasteiger charge is 2.28. The Balaban J connectivity index is 1.36. The molecule has 2 aliphatic rings. The van der Waals surface area contributed by atoms with Crippen molar-refractivity contribution in [2.75, 3.05) is 47.0 Å². The Labute approximate surface area is 202 Å². The van der Waals surface area contributed by atoms with Crippen molar-refractivity contribution in [2.45, 2.75) is 64.3 Å². The maximum Gasteiger partial charge on any atom is 0.219 e. The molecule has 6 heteroatoms. The van der Waals surface area contributed by atoms with Crippen LogP contribution < -0.4 is 4.74 Å². The summed E-state index contributed by atoms with van der Waals surface area (Å²) in [5, 5.41) is 0. The lowest BCUT2D eigenvalue weighted by atomic mass is 9.83. The van der Waals surface area contributed by atoms with E-state index in [1.165, 1.54) is 61.8 Å². The zero-order chi connectivity index (χ0) is 22.9. The Bertz CT molecular complexity index is 713. The number of hydrogen-bond acceptors (Lipinski definition) is 4. The number of likely N-dealkylation sites (tertiary alicyclic amines) is 1. The molecule has 1 heterocycles. The largest absolute Gasteiger partial charge is 0.497 e. The van der Waals surface area contributed by atoms with E-state index in [1.807, 2.05) is 11.0 Å². The average Bonchev–Trinajstić information content (AvgIpc) is 2.81. The average molecular weight is 510 g/mol. The minimum absolute atomic E-state index is 0.189. The summed E-state index contributed by atoms with van der Waals surface area (Å²) in [6, 6.07) is 6.70. The smallest absolute Gasteiger partial charge is 0.219 e. The maximum absolute atomic E-state index is 12.0. The summed E-state index contributed by atoms with van der Waals surface area (Å²) < 4.78 is 11.8. The van der Waals surface area contributed by atoms with Gasteiger partial charge in [0, 0.05) is 31.1 Å². The van der Waals surface area contributed by atoms with Crippen molar-refractivity contribution in [1.29, 1.82) is 0 Å². The van der Waals surface area contributed by atoms with Gasteiger partial charge < -0.3 is 19.3 Å². The second-order valence-corrected chi connectivity index (χ2v) is 10.5. The van der Waals surface area contributed by atoms with Gasteiger partial charge in [0.15, 0.2) is 0 Å². The van der Waals surface area contributed by atoms with E-state index in [2.05, 4.69) is 33.0 Å². The van der Waals surface area contributed by atoms with E-state index in [-0.39, 0.29) is 5.91 Å². The number of benzene rings is 1. The van der Waals surface area contributed by atoms with Gasteiger partial charge in [-0.05, 0) is 107 Å². The summed E-state index contributed by atoms with van der Waals surface area (Å²) in [6.45, 7) is 6.71. The van der Waals surface area contributed by atoms with Crippen LogP contribution in [0.2, 0.25) is 0 Å². The molecule has 0 unspecified atom stereocenters. The topological polar surface area (TPSA) is 42.0 Å². The van der Waals surface area contributed by atoms with Gasteiger partial charge in [-0.3, -0.25) is 4.79 Å². The van der Waals surface area contributed by atoms with Gasteiger partial charge in [-0.15, -0.1) is 0 Å². The zero-order valence-electron chi connectivity index (χ0n) is 20.2. The number of piperidine rings is 1. The Morgan fingerprint density at radius 1 is 1.09 bits per heavy atom. The van der Waals surface area contributed by atoms with Crippen LogP contribution in [-0.2, 0) is 16.0 Å². The van der Waals surface area contributed by atoms with E-state index in [9.17, 15) is 4.79 Å². The minimum Gasteiger partial charge on any atom is -0.497 e. The molecule has 1 saturated carbocycles. The first-order valence-electron chi connectivity index (χ1n) is 12.3. The van der Waals surface area contributed by atoms with Crippen molar-refractivity contribution in [3.05, 3.63) is 28.2 Å². The molecule has 1 amide bonds. The van der Waals surface area contributed by atoms with Crippen LogP contribution in [0.1, 0.15) is 57.4 Å². The van der Waals surface area contributed by atoms with Gasteiger partial charge in [-0.25, -0.2) is 0 Å². The van der Waals surface area contributed by atoms with Gasteiger partial charge in [0.25, 0.3) is 0 Å². The van der Waals surface area contributed by atoms with Crippen molar-refractivity contribution in [3.63, 3.8) is 0 Å². The van der Waals surface area contributed by atoms with Crippen LogP contribution in [0.3, 0.4) is 0 Å². The Morgan fingerprint density at radius 3 is 2.44 bits per heavy atom. The van der Waals surface area contributed by atoms with Gasteiger partial charge in [0.2, 0.25) is 5.91 Å². The van der Waals surface area contributed by atoms with Gasteiger partial charge in [-0.2, -0.15) is 0 Å². The Hall–Kier alpha value is -1.11. The fraction of sp³-hybridized carbons (Fsp3) is 0.731. The molecule has 32 heavy (non-hydrogen) atoms. The number of ether oxygens (including phenoxy) is 2. The lowest BCUT2D eigenvalue weighted by Crippen LogP contribution is -2.43. The van der Waals surface area contributed by atoms with Gasteiger partial charge in [0.05, 0.1) is 13.7 Å². The molecule has 0 spiro atoms. The molecule has 0 radical (unpaired) electrons. The van der Waals surface area contributed by atoms with Crippen LogP contribution in [-0.4, -0.2) is 68.8 Å². The van der Waals surface area contributed by atoms with Crippen molar-refractivity contribution in [1.82, 2.24) is 9.80 Å². The number of nitrogens with zero attached hydrogens (tertiary/aromatic N) is 2. The third-order valence-electron chi connectivity index (χ3n) is 7.52. The van der Waals surface area contributed by atoms with Crippen molar-refractivity contribution in [2.24, 2.45) is 11.8 Å². The number of halogens is 1. The quantitative estimate of drug-likeness (QED) is 0.437. The highest BCUT2D eigenvalue weighted by atomic mass is 79.9. The molecule has 180 valence electrons. The maximum atomic E-state index is 12.0. The molecule has 0 bridgehead atoms. The summed E-state index contributed by atoms with van der Waals surface area (Å²) in [5.41, 5.74) is 1.37. The molecule has 2 fully saturated rings. The van der Waals surface area contributed by atoms with E-state index in [4.69, 9.17) is 9.47 Å². The van der Waals surface area contributed by atoms with E-state index in [1.54, 1.807) is 21.1 Å². The number of hydrogen-bond donors (Lipinski definition) is 0. The molecular weight excluding hydrogens is 468 g/mol. The van der Waals surface area contributed by atoms with Crippen LogP contribution >= 0.6 is 15.9 Å². The predicted octanol–water partition coefficient (Wildman–Crippen LogP) is 5.16. The standard InChI is InChI=1S/C26H41BrN2O3/c1-20(30)29(16-17-31-2)24-6-4-21(5-7-24)10-13-28-14-11-22(12-15-28)18-23-19-25(32-3)8-9-26(23)27/h8-9,19,21-22,24H,4-7,10-18H2,1-3H3. The molecule has 0 atom stereocenters. The first-order valence-corrected chi connectivity index (χ1v) is 13.1. The molecule has 0 aromatic heterocycles. The molecule has 1 aromatic carbocycles. The second-order valence-electron chi connectivity index (χ2n) is 9.61. The summed E-state index contributed by atoms with van der Waals surface area (Å²) in [6.07, 6.45) is 9.79. The highest BCUT2D eigenvalue weighted by Crippen LogP contribution is 2.32. The molecule has 5 nitrogen and oxygen atoms in total. The first kappa shape index (κ1) is 25.5. The predicted molar refractivity (Wildman–Crippen MR) is 133 cm³/mol. The fourth-order valence-electron chi connectivity index (χ4n) is 5.46. The fourth-order valence-corrected chi connectivity index (χ4v) is 5.87. The van der Waals surface area contributed by atoms with E-state index in [0.717, 1.165) is 43.4 Å². The van der Waals surface area contributed by atoms with Crippen LogP contribution in [0.15, 0.2) is 22.7 Å². The monoisotopic (exact) mass is 508 g/mol. The van der Waals surface area contributed by atoms with Crippen LogP contribution in [0.4, 0.5) is 0 Å². The molecule has 1 aliphatic heterocycles. The Kier molecular flexibility index (Phi) is 10.3. The highest BCUT2D eigenvalue weighted by molar-refractivity contribution is 9.10. The molecule has 1 aromatic rings. The van der Waals surface area contributed by atoms with Gasteiger partial charge in [0.1, 0.15) is 5.75 Å². The molecule has 0 N–H and O–H groups in total. The summed E-state index contributed by atoms with van der Waals surface area (Å²) in [7, 11) is 3.44. The summed E-state index contributed by atoms with van der Waals surface area (Å²) in [4.78, 5) is 16.7. The SMILES string of the molecule is COCCN(C(C)=O)C1CCC(CCN2CCC(Cc3cc(OC)ccc3Br)CC2)CC1. The van der Waals surface area contributed by atoms with E-state index < -0.39 is 0 Å². The Morgan fingerprint density at radius 2 is 1.81 bits per heavy atom. The third-order valence-corrected chi connectivity index (χ3v) is 8.29. The van der Waals surface area contributed by atoms with Crippen molar-refractivity contribution in [3.8, 4) is 5.75 Å². The van der Waals surface area contributed by atoms with Crippen molar-refractivity contribution >= 4 is 21.8 Å². The number of rotatable bonds is 10. The molecular formula is C26H41BrN2O3. The molecule has 1 aliphatic carbocycles. The van der Waals surface area contributed by atoms with Crippen LogP contribution in [0, 0.1) is 11.8 Å². The lowest BCUT2D eigenvalue weighted by molar-refractivity contribution is -0.132. The number of carbonyl (C=O) groups excluding carboxylic acids is 1. The molecule has 1 saturated heterocycles. The third kappa shape index (κ3) is 7.46. The van der Waals surface area contributed by atoms with E-state index in [0.29, 0.717) is 12.6 Å². The van der Waals surface area contributed by atoms with Crippen LogP contribution in [0.5, 0.6) is 5.75 Å². The first-order chi connectivity index (χ1) is 15.5. The van der Waals surface area contributed by atoms with E-state index >= 15 is 0 Å². The normalized spacial score (nSPS) is 22.6. The molecule has 3 rings (SSSR count). The van der Waals surface area contributed by atoms with Crippen LogP contribution in [0.25, 0.3) is 0 Å². The second kappa shape index (κ2) is 13.0. The van der Waals surface area contributed by atoms with Crippen molar-refractivity contribution < 1.29 is 14.3 Å². The zero-order valence-corrected chi connectivity index (χ0v) is 21.7. The number of amides is 1. The van der Waals surface area contributed by atoms with Gasteiger partial charge in [-0.1, -0.05) is 15.9 Å².